The van der Waals surface area contributed by atoms with Gasteiger partial charge in [-0.1, -0.05) is 34.6 Å². The van der Waals surface area contributed by atoms with Crippen LogP contribution in [0.1, 0.15) is 135 Å². The van der Waals surface area contributed by atoms with E-state index in [1.54, 1.807) is 24.1 Å². The van der Waals surface area contributed by atoms with E-state index in [9.17, 15) is 19.5 Å². The van der Waals surface area contributed by atoms with Crippen molar-refractivity contribution < 1.29 is 38.5 Å². The fraction of sp³-hybridized carbons (Fsp3) is 0.921. The SMILES string of the molecule is COC(C)(C)CCC(=O)N(CN(C)OCCC(C)(C)C(=O)NCCC(C)(C)OCC(C)(C)C)C(C)(C)COCCCC(=O)NC(C)(C)CCO. The third-order valence-corrected chi connectivity index (χ3v) is 8.79. The highest BCUT2D eigenvalue weighted by Crippen LogP contribution is 2.25. The average molecular weight is 717 g/mol. The number of aliphatic hydroxyl groups excluding tert-OH is 1. The molecule has 0 rings (SSSR count). The Bertz CT molecular complexity index is 1020. The second-order valence-corrected chi connectivity index (χ2v) is 18.0. The van der Waals surface area contributed by atoms with Crippen LogP contribution in [0.15, 0.2) is 0 Å². The number of methoxy groups -OCH3 is 1. The first kappa shape index (κ1) is 48.2. The minimum Gasteiger partial charge on any atom is -0.396 e. The molecule has 0 saturated heterocycles. The lowest BCUT2D eigenvalue weighted by Crippen LogP contribution is -2.54. The van der Waals surface area contributed by atoms with Crippen molar-refractivity contribution in [1.82, 2.24) is 20.6 Å². The van der Waals surface area contributed by atoms with Gasteiger partial charge in [0.15, 0.2) is 0 Å². The number of hydroxylamine groups is 2. The normalized spacial score (nSPS) is 13.5. The maximum Gasteiger partial charge on any atom is 0.225 e. The zero-order valence-electron chi connectivity index (χ0n) is 34.6. The number of nitrogens with zero attached hydrogens (tertiary/aromatic N) is 2. The van der Waals surface area contributed by atoms with E-state index in [1.165, 1.54) is 0 Å². The summed E-state index contributed by atoms with van der Waals surface area (Å²) in [4.78, 5) is 46.8. The summed E-state index contributed by atoms with van der Waals surface area (Å²) in [5, 5.41) is 16.8. The lowest BCUT2D eigenvalue weighted by Gasteiger charge is -2.41. The lowest BCUT2D eigenvalue weighted by atomic mass is 9.88. The molecule has 0 saturated carbocycles. The first-order valence-corrected chi connectivity index (χ1v) is 18.3. The third kappa shape index (κ3) is 21.5. The van der Waals surface area contributed by atoms with Crippen molar-refractivity contribution in [3.05, 3.63) is 0 Å². The van der Waals surface area contributed by atoms with E-state index in [-0.39, 0.29) is 55.0 Å². The van der Waals surface area contributed by atoms with Gasteiger partial charge in [-0.3, -0.25) is 19.2 Å². The highest BCUT2D eigenvalue weighted by molar-refractivity contribution is 5.81. The van der Waals surface area contributed by atoms with Gasteiger partial charge in [0.2, 0.25) is 17.7 Å². The number of ether oxygens (including phenoxy) is 3. The van der Waals surface area contributed by atoms with Crippen LogP contribution in [0, 0.1) is 10.8 Å². The predicted octanol–water partition coefficient (Wildman–Crippen LogP) is 5.46. The first-order valence-electron chi connectivity index (χ1n) is 18.3. The van der Waals surface area contributed by atoms with Crippen molar-refractivity contribution in [1.29, 1.82) is 0 Å². The molecule has 0 aromatic heterocycles. The third-order valence-electron chi connectivity index (χ3n) is 8.79. The summed E-state index contributed by atoms with van der Waals surface area (Å²) in [6.07, 6.45) is 3.33. The van der Waals surface area contributed by atoms with E-state index >= 15 is 0 Å². The van der Waals surface area contributed by atoms with Crippen molar-refractivity contribution in [3.8, 4) is 0 Å². The number of rotatable bonds is 26. The number of hydrogen-bond donors (Lipinski definition) is 3. The first-order chi connectivity index (χ1) is 22.7. The van der Waals surface area contributed by atoms with Gasteiger partial charge in [-0.15, -0.1) is 0 Å². The number of hydrogen-bond acceptors (Lipinski definition) is 9. The van der Waals surface area contributed by atoms with Crippen LogP contribution in [0.2, 0.25) is 0 Å². The molecule has 3 N–H and O–H groups in total. The molecule has 0 aliphatic carbocycles. The predicted molar refractivity (Wildman–Crippen MR) is 199 cm³/mol. The molecule has 0 radical (unpaired) electrons. The van der Waals surface area contributed by atoms with Gasteiger partial charge < -0.3 is 34.9 Å². The Kier molecular flexibility index (Phi) is 20.2. The maximum atomic E-state index is 13.6. The van der Waals surface area contributed by atoms with Gasteiger partial charge in [-0.05, 0) is 92.9 Å². The van der Waals surface area contributed by atoms with Crippen molar-refractivity contribution in [3.63, 3.8) is 0 Å². The highest BCUT2D eigenvalue weighted by atomic mass is 16.7. The van der Waals surface area contributed by atoms with Crippen LogP contribution in [0.25, 0.3) is 0 Å². The summed E-state index contributed by atoms with van der Waals surface area (Å²) in [6, 6.07) is 0. The number of amides is 3. The number of carbonyl (C=O) groups is 3. The van der Waals surface area contributed by atoms with Gasteiger partial charge in [0.05, 0.1) is 43.2 Å². The van der Waals surface area contributed by atoms with E-state index in [1.807, 2.05) is 69.2 Å². The van der Waals surface area contributed by atoms with E-state index in [2.05, 4.69) is 31.4 Å². The van der Waals surface area contributed by atoms with E-state index in [0.29, 0.717) is 64.9 Å². The van der Waals surface area contributed by atoms with Crippen molar-refractivity contribution in [2.75, 3.05) is 60.4 Å². The van der Waals surface area contributed by atoms with Gasteiger partial charge in [-0.25, -0.2) is 0 Å². The fourth-order valence-corrected chi connectivity index (χ4v) is 4.78. The molecule has 12 nitrogen and oxygen atoms in total. The van der Waals surface area contributed by atoms with Crippen LogP contribution < -0.4 is 10.6 Å². The number of nitrogens with one attached hydrogen (secondary N) is 2. The summed E-state index contributed by atoms with van der Waals surface area (Å²) in [5.74, 6) is -0.190. The van der Waals surface area contributed by atoms with Gasteiger partial charge in [0.1, 0.15) is 0 Å². The van der Waals surface area contributed by atoms with Crippen molar-refractivity contribution in [2.45, 2.75) is 157 Å². The van der Waals surface area contributed by atoms with Crippen LogP contribution in [0.5, 0.6) is 0 Å². The molecule has 0 spiro atoms. The molecule has 3 amide bonds. The second-order valence-electron chi connectivity index (χ2n) is 18.0. The molecule has 0 bridgehead atoms. The van der Waals surface area contributed by atoms with Crippen LogP contribution in [0.3, 0.4) is 0 Å². The van der Waals surface area contributed by atoms with E-state index in [4.69, 9.17) is 19.0 Å². The quantitative estimate of drug-likeness (QED) is 0.0606. The molecule has 0 heterocycles. The van der Waals surface area contributed by atoms with Gasteiger partial charge in [-0.2, -0.15) is 5.06 Å². The molecule has 0 aromatic rings. The average Bonchev–Trinajstić information content (AvgIpc) is 2.96. The van der Waals surface area contributed by atoms with Gasteiger partial charge >= 0.3 is 0 Å². The minimum absolute atomic E-state index is 0.00650. The van der Waals surface area contributed by atoms with Crippen LogP contribution >= 0.6 is 0 Å². The zero-order chi connectivity index (χ0) is 39.0. The summed E-state index contributed by atoms with van der Waals surface area (Å²) < 4.78 is 17.6. The molecule has 0 aliphatic heterocycles. The molecule has 12 heteroatoms. The standard InChI is InChI=1S/C38H76N4O8/c1-33(2,3)27-49-38(12,13)20-23-39-32(46)34(4,5)22-26-50-41(14)29-42(31(45)18-19-37(10,11)47-15)36(8,9)28-48-25-16-17-30(44)40-35(6,7)21-24-43/h43H,16-29H2,1-15H3,(H,39,46)(H,40,44). The molecule has 0 fully saturated rings. The minimum atomic E-state index is -0.680. The maximum absolute atomic E-state index is 13.6. The summed E-state index contributed by atoms with van der Waals surface area (Å²) >= 11 is 0. The molecule has 50 heavy (non-hydrogen) atoms. The van der Waals surface area contributed by atoms with E-state index < -0.39 is 22.1 Å². The fourth-order valence-electron chi connectivity index (χ4n) is 4.78. The largest absolute Gasteiger partial charge is 0.396 e. The summed E-state index contributed by atoms with van der Waals surface area (Å²) in [7, 11) is 3.42. The summed E-state index contributed by atoms with van der Waals surface area (Å²) in [6.45, 7) is 28.2. The monoisotopic (exact) mass is 717 g/mol. The van der Waals surface area contributed by atoms with Gasteiger partial charge in [0, 0.05) is 57.7 Å². The second kappa shape index (κ2) is 21.0. The Hall–Kier alpha value is -1.83. The molecule has 0 atom stereocenters. The Morgan fingerprint density at radius 1 is 0.760 bits per heavy atom. The molecule has 0 unspecified atom stereocenters. The summed E-state index contributed by atoms with van der Waals surface area (Å²) in [5.41, 5.74) is -2.52. The Morgan fingerprint density at radius 2 is 1.38 bits per heavy atom. The number of carbonyl (C=O) groups excluding carboxylic acids is 3. The van der Waals surface area contributed by atoms with Crippen molar-refractivity contribution >= 4 is 17.7 Å². The van der Waals surface area contributed by atoms with Crippen LogP contribution in [0.4, 0.5) is 0 Å². The molecule has 0 aromatic carbocycles. The Labute approximate surface area is 305 Å². The van der Waals surface area contributed by atoms with Crippen LogP contribution in [-0.2, 0) is 33.4 Å². The van der Waals surface area contributed by atoms with Crippen LogP contribution in [-0.4, -0.2) is 115 Å². The zero-order valence-corrected chi connectivity index (χ0v) is 34.6. The molecule has 296 valence electrons. The lowest BCUT2D eigenvalue weighted by molar-refractivity contribution is -0.189. The Morgan fingerprint density at radius 3 is 1.94 bits per heavy atom. The Balaban J connectivity index is 5.17. The van der Waals surface area contributed by atoms with Crippen molar-refractivity contribution in [2.24, 2.45) is 10.8 Å². The number of aliphatic hydroxyl groups is 1. The topological polar surface area (TPSA) is 139 Å². The molecular formula is C38H76N4O8. The highest BCUT2D eigenvalue weighted by Gasteiger charge is 2.34. The molecular weight excluding hydrogens is 640 g/mol. The molecule has 0 aliphatic rings. The smallest absolute Gasteiger partial charge is 0.225 e. The van der Waals surface area contributed by atoms with Gasteiger partial charge in [0.25, 0.3) is 0 Å². The van der Waals surface area contributed by atoms with E-state index in [0.717, 1.165) is 0 Å².